The van der Waals surface area contributed by atoms with Crippen molar-refractivity contribution in [3.63, 3.8) is 0 Å². The predicted octanol–water partition coefficient (Wildman–Crippen LogP) is 6.83. The topological polar surface area (TPSA) is 52.6 Å². The summed E-state index contributed by atoms with van der Waals surface area (Å²) >= 11 is 0. The molecule has 0 aromatic heterocycles. The minimum atomic E-state index is -2.73. The highest BCUT2D eigenvalue weighted by Gasteiger charge is 2.44. The molecule has 0 aromatic rings. The van der Waals surface area contributed by atoms with Crippen LogP contribution in [0.4, 0.5) is 0 Å². The first-order chi connectivity index (χ1) is 13.5. The lowest BCUT2D eigenvalue weighted by Crippen LogP contribution is -2.27. The fraction of sp³-hybridized carbons (Fsp3) is 0.870. The van der Waals surface area contributed by atoms with E-state index < -0.39 is 7.37 Å². The zero-order valence-electron chi connectivity index (χ0n) is 17.7. The molecule has 0 amide bonds. The van der Waals surface area contributed by atoms with E-state index in [0.717, 1.165) is 57.1 Å². The molecule has 0 radical (unpaired) electrons. The van der Waals surface area contributed by atoms with Crippen LogP contribution in [0.2, 0.25) is 0 Å². The Morgan fingerprint density at radius 3 is 1.75 bits per heavy atom. The van der Waals surface area contributed by atoms with Crippen molar-refractivity contribution in [1.29, 1.82) is 0 Å². The summed E-state index contributed by atoms with van der Waals surface area (Å²) in [5.74, 6) is 0.906. The highest BCUT2D eigenvalue weighted by molar-refractivity contribution is 7.60. The number of rotatable bonds is 7. The monoisotopic (exact) mass is 410 g/mol. The third-order valence-electron chi connectivity index (χ3n) is 7.23. The van der Waals surface area contributed by atoms with Gasteiger partial charge in [-0.05, 0) is 58.3 Å². The van der Waals surface area contributed by atoms with Crippen molar-refractivity contribution in [1.82, 2.24) is 0 Å². The van der Waals surface area contributed by atoms with Gasteiger partial charge in [-0.1, -0.05) is 45.1 Å². The number of ether oxygens (including phenoxy) is 1. The van der Waals surface area contributed by atoms with E-state index in [4.69, 9.17) is 9.26 Å². The van der Waals surface area contributed by atoms with Crippen molar-refractivity contribution in [2.45, 2.75) is 108 Å². The smallest absolute Gasteiger partial charge is 0.308 e. The van der Waals surface area contributed by atoms with Gasteiger partial charge in [0.25, 0.3) is 7.37 Å². The van der Waals surface area contributed by atoms with Crippen molar-refractivity contribution in [2.24, 2.45) is 11.8 Å². The first-order valence-electron chi connectivity index (χ1n) is 11.7. The molecule has 0 unspecified atom stereocenters. The summed E-state index contributed by atoms with van der Waals surface area (Å²) in [7, 11) is -2.73. The number of carbonyl (C=O) groups excluding carboxylic acids is 1. The molecule has 0 aromatic carbocycles. The van der Waals surface area contributed by atoms with Gasteiger partial charge in [0.05, 0.1) is 18.3 Å². The summed E-state index contributed by atoms with van der Waals surface area (Å²) in [4.78, 5) is 12.0. The van der Waals surface area contributed by atoms with Crippen LogP contribution >= 0.6 is 7.37 Å². The lowest BCUT2D eigenvalue weighted by molar-refractivity contribution is -0.149. The van der Waals surface area contributed by atoms with Crippen molar-refractivity contribution in [3.05, 3.63) is 12.3 Å². The molecular weight excluding hydrogens is 371 g/mol. The fourth-order valence-electron chi connectivity index (χ4n) is 5.50. The molecule has 3 rings (SSSR count). The molecular formula is C23H39O4P. The average molecular weight is 411 g/mol. The number of allylic oxidation sites excluding steroid dienone is 1. The molecule has 0 atom stereocenters. The van der Waals surface area contributed by atoms with Gasteiger partial charge in [-0.3, -0.25) is 9.36 Å². The number of hydrogen-bond acceptors (Lipinski definition) is 4. The largest absolute Gasteiger partial charge is 0.466 e. The SMILES string of the molecule is C=C(OP(=O)(C1CCCCC1)C1CCCCC1)C1CCC(C(=O)OCC)CC1. The van der Waals surface area contributed by atoms with Crippen LogP contribution in [0.3, 0.4) is 0 Å². The van der Waals surface area contributed by atoms with Crippen LogP contribution in [-0.2, 0) is 18.6 Å². The van der Waals surface area contributed by atoms with Crippen LogP contribution in [0.1, 0.15) is 96.8 Å². The Morgan fingerprint density at radius 2 is 1.29 bits per heavy atom. The Labute approximate surface area is 171 Å². The van der Waals surface area contributed by atoms with Crippen molar-refractivity contribution in [2.75, 3.05) is 6.61 Å². The summed E-state index contributed by atoms with van der Waals surface area (Å²) in [5.41, 5.74) is 0.467. The zero-order valence-corrected chi connectivity index (χ0v) is 18.6. The van der Waals surface area contributed by atoms with Gasteiger partial charge in [-0.15, -0.1) is 0 Å². The highest BCUT2D eigenvalue weighted by atomic mass is 31.2. The normalized spacial score (nSPS) is 27.9. The summed E-state index contributed by atoms with van der Waals surface area (Å²) in [6.45, 7) is 6.55. The van der Waals surface area contributed by atoms with Crippen molar-refractivity contribution >= 4 is 13.3 Å². The van der Waals surface area contributed by atoms with Crippen molar-refractivity contribution in [3.8, 4) is 0 Å². The van der Waals surface area contributed by atoms with Gasteiger partial charge in [0.15, 0.2) is 0 Å². The molecule has 4 nitrogen and oxygen atoms in total. The van der Waals surface area contributed by atoms with Crippen LogP contribution in [0.15, 0.2) is 12.3 Å². The average Bonchev–Trinajstić information content (AvgIpc) is 2.75. The van der Waals surface area contributed by atoms with E-state index in [1.54, 1.807) is 0 Å². The van der Waals surface area contributed by atoms with Gasteiger partial charge in [0.1, 0.15) is 0 Å². The molecule has 0 saturated heterocycles. The second kappa shape index (κ2) is 10.3. The van der Waals surface area contributed by atoms with E-state index in [9.17, 15) is 9.36 Å². The van der Waals surface area contributed by atoms with Crippen molar-refractivity contribution < 1.29 is 18.6 Å². The summed E-state index contributed by atoms with van der Waals surface area (Å²) in [6.07, 6.45) is 14.9. The van der Waals surface area contributed by atoms with E-state index in [-0.39, 0.29) is 29.1 Å². The number of hydrogen-bond donors (Lipinski definition) is 0. The van der Waals surface area contributed by atoms with Gasteiger partial charge in [-0.2, -0.15) is 0 Å². The fourth-order valence-corrected chi connectivity index (χ4v) is 9.08. The molecule has 0 spiro atoms. The lowest BCUT2D eigenvalue weighted by atomic mass is 9.81. The van der Waals surface area contributed by atoms with Crippen LogP contribution < -0.4 is 0 Å². The molecule has 0 heterocycles. The maximum Gasteiger partial charge on any atom is 0.308 e. The van der Waals surface area contributed by atoms with Gasteiger partial charge in [-0.25, -0.2) is 0 Å². The maximum atomic E-state index is 14.3. The molecule has 0 N–H and O–H groups in total. The second-order valence-electron chi connectivity index (χ2n) is 9.09. The molecule has 0 bridgehead atoms. The van der Waals surface area contributed by atoms with E-state index in [2.05, 4.69) is 6.58 Å². The van der Waals surface area contributed by atoms with E-state index in [0.29, 0.717) is 6.61 Å². The molecule has 5 heteroatoms. The first-order valence-corrected chi connectivity index (χ1v) is 13.4. The molecule has 0 aliphatic heterocycles. The van der Waals surface area contributed by atoms with Crippen LogP contribution in [-0.4, -0.2) is 23.9 Å². The maximum absolute atomic E-state index is 14.3. The van der Waals surface area contributed by atoms with E-state index >= 15 is 0 Å². The molecule has 160 valence electrons. The minimum Gasteiger partial charge on any atom is -0.466 e. The Hall–Kier alpha value is -0.760. The quantitative estimate of drug-likeness (QED) is 0.262. The van der Waals surface area contributed by atoms with Gasteiger partial charge >= 0.3 is 5.97 Å². The molecule has 3 saturated carbocycles. The number of esters is 1. The van der Waals surface area contributed by atoms with Crippen LogP contribution in [0.25, 0.3) is 0 Å². The second-order valence-corrected chi connectivity index (χ2v) is 12.0. The van der Waals surface area contributed by atoms with E-state index in [1.165, 1.54) is 38.5 Å². The third kappa shape index (κ3) is 5.23. The third-order valence-corrected chi connectivity index (χ3v) is 10.8. The predicted molar refractivity (Wildman–Crippen MR) is 114 cm³/mol. The van der Waals surface area contributed by atoms with E-state index in [1.807, 2.05) is 6.92 Å². The summed E-state index contributed by atoms with van der Waals surface area (Å²) in [6, 6.07) is 0. The Morgan fingerprint density at radius 1 is 0.821 bits per heavy atom. The molecule has 28 heavy (non-hydrogen) atoms. The Bertz CT molecular complexity index is 545. The number of carbonyl (C=O) groups is 1. The van der Waals surface area contributed by atoms with Gasteiger partial charge in [0.2, 0.25) is 0 Å². The first kappa shape index (κ1) is 21.9. The molecule has 3 aliphatic carbocycles. The Balaban J connectivity index is 1.63. The molecule has 3 aliphatic rings. The lowest BCUT2D eigenvalue weighted by Gasteiger charge is -2.39. The van der Waals surface area contributed by atoms with Crippen LogP contribution in [0.5, 0.6) is 0 Å². The van der Waals surface area contributed by atoms with Crippen LogP contribution in [0, 0.1) is 11.8 Å². The van der Waals surface area contributed by atoms with Gasteiger partial charge in [0, 0.05) is 17.2 Å². The highest BCUT2D eigenvalue weighted by Crippen LogP contribution is 2.65. The molecule has 3 fully saturated rings. The minimum absolute atomic E-state index is 0.00694. The summed E-state index contributed by atoms with van der Waals surface area (Å²) < 4.78 is 25.9. The summed E-state index contributed by atoms with van der Waals surface area (Å²) in [5, 5.41) is 0. The Kier molecular flexibility index (Phi) is 8.09. The van der Waals surface area contributed by atoms with Gasteiger partial charge < -0.3 is 9.26 Å². The standard InChI is InChI=1S/C23H39O4P/c1-3-26-23(24)20-16-14-19(15-17-20)18(2)27-28(25,21-10-6-4-7-11-21)22-12-8-5-9-13-22/h19-22H,2-17H2,1H3. The zero-order chi connectivity index (χ0) is 20.0.